The van der Waals surface area contributed by atoms with Crippen molar-refractivity contribution >= 4 is 5.84 Å². The summed E-state index contributed by atoms with van der Waals surface area (Å²) in [7, 11) is 2.15. The number of amidine groups is 1. The lowest BCUT2D eigenvalue weighted by Crippen LogP contribution is -2.30. The van der Waals surface area contributed by atoms with Gasteiger partial charge in [0.25, 0.3) is 0 Å². The van der Waals surface area contributed by atoms with Crippen LogP contribution in [0, 0.1) is 5.41 Å². The Morgan fingerprint density at radius 1 is 1.24 bits per heavy atom. The Hall–Kier alpha value is -2.13. The Labute approximate surface area is 125 Å². The number of nitrogens with zero attached hydrogens (tertiary/aromatic N) is 1. The molecule has 0 bridgehead atoms. The highest BCUT2D eigenvalue weighted by Crippen LogP contribution is 2.35. The Balaban J connectivity index is 1.61. The van der Waals surface area contributed by atoms with Gasteiger partial charge in [0.05, 0.1) is 0 Å². The summed E-state index contributed by atoms with van der Waals surface area (Å²) in [5, 5.41) is 7.51. The number of nitrogens with one attached hydrogen (secondary N) is 1. The predicted molar refractivity (Wildman–Crippen MR) is 86.7 cm³/mol. The van der Waals surface area contributed by atoms with Crippen LogP contribution >= 0.6 is 0 Å². The van der Waals surface area contributed by atoms with Gasteiger partial charge in [-0.2, -0.15) is 0 Å². The molecule has 3 N–H and O–H groups in total. The third-order valence-corrected chi connectivity index (χ3v) is 4.18. The minimum absolute atomic E-state index is 0.132. The first-order valence-corrected chi connectivity index (χ1v) is 7.33. The number of rotatable bonds is 5. The maximum absolute atomic E-state index is 7.51. The van der Waals surface area contributed by atoms with E-state index < -0.39 is 0 Å². The highest BCUT2D eigenvalue weighted by atomic mass is 15.1. The van der Waals surface area contributed by atoms with Gasteiger partial charge in [-0.3, -0.25) is 5.41 Å². The fraction of sp³-hybridized carbons (Fsp3) is 0.278. The van der Waals surface area contributed by atoms with Crippen molar-refractivity contribution in [2.75, 3.05) is 13.6 Å². The summed E-state index contributed by atoms with van der Waals surface area (Å²) in [4.78, 5) is 2.35. The minimum atomic E-state index is 0.132. The quantitative estimate of drug-likeness (QED) is 0.653. The van der Waals surface area contributed by atoms with Gasteiger partial charge in [0.15, 0.2) is 0 Å². The second kappa shape index (κ2) is 5.70. The van der Waals surface area contributed by atoms with E-state index in [1.54, 1.807) is 0 Å². The second-order valence-electron chi connectivity index (χ2n) is 5.91. The predicted octanol–water partition coefficient (Wildman–Crippen LogP) is 2.74. The van der Waals surface area contributed by atoms with Gasteiger partial charge in [-0.15, -0.1) is 0 Å². The molecule has 2 aromatic carbocycles. The molecule has 1 unspecified atom stereocenters. The largest absolute Gasteiger partial charge is 0.384 e. The van der Waals surface area contributed by atoms with Crippen LogP contribution in [0.1, 0.15) is 28.2 Å². The fourth-order valence-electron chi connectivity index (χ4n) is 3.12. The van der Waals surface area contributed by atoms with Crippen molar-refractivity contribution in [3.8, 4) is 0 Å². The van der Waals surface area contributed by atoms with Crippen LogP contribution in [0.3, 0.4) is 0 Å². The van der Waals surface area contributed by atoms with Crippen LogP contribution in [-0.4, -0.2) is 24.3 Å². The zero-order valence-electron chi connectivity index (χ0n) is 12.3. The molecule has 3 heteroatoms. The lowest BCUT2D eigenvalue weighted by Gasteiger charge is -2.33. The highest BCUT2D eigenvalue weighted by Gasteiger charge is 2.26. The van der Waals surface area contributed by atoms with Crippen LogP contribution in [0.4, 0.5) is 0 Å². The summed E-state index contributed by atoms with van der Waals surface area (Å²) < 4.78 is 0. The molecule has 3 nitrogen and oxygen atoms in total. The Morgan fingerprint density at radius 3 is 2.81 bits per heavy atom. The van der Waals surface area contributed by atoms with Crippen LogP contribution in [0.25, 0.3) is 0 Å². The van der Waals surface area contributed by atoms with E-state index in [0.717, 1.165) is 18.7 Å². The number of nitrogens with two attached hydrogens (primary N) is 1. The van der Waals surface area contributed by atoms with Crippen LogP contribution in [0.5, 0.6) is 0 Å². The summed E-state index contributed by atoms with van der Waals surface area (Å²) in [5.74, 6) is 0.787. The number of likely N-dealkylation sites (N-methyl/N-ethyl adjacent to an activating group) is 1. The highest BCUT2D eigenvalue weighted by molar-refractivity contribution is 5.95. The first kappa shape index (κ1) is 13.8. The molecule has 0 radical (unpaired) electrons. The standard InChI is InChI=1S/C18H21N3/c1-21(11-13-5-4-7-15(9-13)18(19)20)12-16-10-14-6-2-3-8-17(14)16/h2-9,16H,10-12H2,1H3,(H3,19,20). The molecule has 2 aromatic rings. The summed E-state index contributed by atoms with van der Waals surface area (Å²) >= 11 is 0. The summed E-state index contributed by atoms with van der Waals surface area (Å²) in [6.45, 7) is 1.96. The van der Waals surface area contributed by atoms with Crippen LogP contribution in [-0.2, 0) is 13.0 Å². The molecule has 0 heterocycles. The van der Waals surface area contributed by atoms with E-state index in [1.165, 1.54) is 23.1 Å². The summed E-state index contributed by atoms with van der Waals surface area (Å²) in [6.07, 6.45) is 1.19. The monoisotopic (exact) mass is 279 g/mol. The number of hydrogen-bond donors (Lipinski definition) is 2. The third kappa shape index (κ3) is 2.98. The average Bonchev–Trinajstić information content (AvgIpc) is 2.45. The number of fused-ring (bicyclic) bond motifs is 1. The van der Waals surface area contributed by atoms with Crippen molar-refractivity contribution in [1.29, 1.82) is 5.41 Å². The maximum atomic E-state index is 7.51. The van der Waals surface area contributed by atoms with Crippen molar-refractivity contribution in [2.24, 2.45) is 5.73 Å². The lowest BCUT2D eigenvalue weighted by atomic mass is 9.77. The van der Waals surface area contributed by atoms with Crippen molar-refractivity contribution in [2.45, 2.75) is 18.9 Å². The van der Waals surface area contributed by atoms with E-state index >= 15 is 0 Å². The Bertz CT molecular complexity index is 663. The molecule has 3 rings (SSSR count). The summed E-state index contributed by atoms with van der Waals surface area (Å²) in [5.41, 5.74) is 10.6. The van der Waals surface area contributed by atoms with Crippen molar-refractivity contribution < 1.29 is 0 Å². The Morgan fingerprint density at radius 2 is 2.05 bits per heavy atom. The van der Waals surface area contributed by atoms with E-state index in [4.69, 9.17) is 11.1 Å². The molecule has 0 saturated heterocycles. The van der Waals surface area contributed by atoms with Crippen LogP contribution in [0.2, 0.25) is 0 Å². The van der Waals surface area contributed by atoms with E-state index in [-0.39, 0.29) is 5.84 Å². The average molecular weight is 279 g/mol. The van der Waals surface area contributed by atoms with Crippen molar-refractivity contribution in [1.82, 2.24) is 4.90 Å². The molecule has 0 fully saturated rings. The molecule has 0 aliphatic heterocycles. The smallest absolute Gasteiger partial charge is 0.122 e. The zero-order chi connectivity index (χ0) is 14.8. The van der Waals surface area contributed by atoms with Crippen LogP contribution < -0.4 is 5.73 Å². The molecule has 1 atom stereocenters. The molecule has 1 aliphatic carbocycles. The Kier molecular flexibility index (Phi) is 3.76. The number of nitrogen functional groups attached to an aromatic ring is 1. The van der Waals surface area contributed by atoms with E-state index in [2.05, 4.69) is 42.3 Å². The second-order valence-corrected chi connectivity index (χ2v) is 5.91. The van der Waals surface area contributed by atoms with E-state index in [0.29, 0.717) is 5.92 Å². The minimum Gasteiger partial charge on any atom is -0.384 e. The van der Waals surface area contributed by atoms with Gasteiger partial charge in [0.2, 0.25) is 0 Å². The van der Waals surface area contributed by atoms with Gasteiger partial charge in [-0.25, -0.2) is 0 Å². The lowest BCUT2D eigenvalue weighted by molar-refractivity contribution is 0.291. The molecule has 0 aromatic heterocycles. The van der Waals surface area contributed by atoms with Gasteiger partial charge in [-0.05, 0) is 36.2 Å². The van der Waals surface area contributed by atoms with Gasteiger partial charge in [0.1, 0.15) is 5.84 Å². The SMILES string of the molecule is CN(Cc1cccc(C(=N)N)c1)CC1Cc2ccccc21. The molecule has 0 spiro atoms. The summed E-state index contributed by atoms with van der Waals surface area (Å²) in [6, 6.07) is 16.7. The molecule has 21 heavy (non-hydrogen) atoms. The first-order chi connectivity index (χ1) is 10.1. The van der Waals surface area contributed by atoms with E-state index in [1.807, 2.05) is 18.2 Å². The first-order valence-electron chi connectivity index (χ1n) is 7.33. The maximum Gasteiger partial charge on any atom is 0.122 e. The molecule has 0 saturated carbocycles. The fourth-order valence-corrected chi connectivity index (χ4v) is 3.12. The van der Waals surface area contributed by atoms with Crippen LogP contribution in [0.15, 0.2) is 48.5 Å². The van der Waals surface area contributed by atoms with Crippen molar-refractivity contribution in [3.05, 3.63) is 70.8 Å². The van der Waals surface area contributed by atoms with Gasteiger partial charge in [0, 0.05) is 24.6 Å². The number of hydrogen-bond acceptors (Lipinski definition) is 2. The van der Waals surface area contributed by atoms with Gasteiger partial charge in [-0.1, -0.05) is 42.5 Å². The van der Waals surface area contributed by atoms with Gasteiger partial charge >= 0.3 is 0 Å². The molecule has 0 amide bonds. The molecule has 108 valence electrons. The number of benzene rings is 2. The topological polar surface area (TPSA) is 53.1 Å². The van der Waals surface area contributed by atoms with E-state index in [9.17, 15) is 0 Å². The van der Waals surface area contributed by atoms with Gasteiger partial charge < -0.3 is 10.6 Å². The molecule has 1 aliphatic rings. The van der Waals surface area contributed by atoms with Crippen molar-refractivity contribution in [3.63, 3.8) is 0 Å². The third-order valence-electron chi connectivity index (χ3n) is 4.18. The zero-order valence-corrected chi connectivity index (χ0v) is 12.3. The molecular formula is C18H21N3. The molecular weight excluding hydrogens is 258 g/mol. The normalized spacial score (nSPS) is 16.4.